The summed E-state index contributed by atoms with van der Waals surface area (Å²) in [6.07, 6.45) is 7.63. The SMILES string of the molecule is C.CCOP(=O)(CC#N)OCC.Cl.N#C/C=C1\c2ccccc2CCc2ccc(F)cc21.NCCC1c2ccccc2CCc2ccc(F)cc21.O=C1c2ccccc2CCc2ccc(F)cc21.[H-].[Na+]. The van der Waals surface area contributed by atoms with Gasteiger partial charge >= 0.3 is 37.2 Å². The van der Waals surface area contributed by atoms with Crippen LogP contribution in [0.2, 0.25) is 0 Å². The molecule has 1 unspecified atom stereocenters. The first-order valence-corrected chi connectivity index (χ1v) is 23.9. The van der Waals surface area contributed by atoms with Gasteiger partial charge in [0.25, 0.3) is 0 Å². The zero-order valence-electron chi connectivity index (χ0n) is 39.7. The molecule has 0 fully saturated rings. The van der Waals surface area contributed by atoms with E-state index in [0.717, 1.165) is 83.9 Å². The van der Waals surface area contributed by atoms with Crippen LogP contribution in [0.1, 0.15) is 107 Å². The van der Waals surface area contributed by atoms with Gasteiger partial charge in [0.2, 0.25) is 0 Å². The minimum absolute atomic E-state index is 0. The van der Waals surface area contributed by atoms with Crippen LogP contribution < -0.4 is 35.3 Å². The fraction of sp³-hybridized carbons (Fsp3) is 0.268. The van der Waals surface area contributed by atoms with Gasteiger partial charge in [0, 0.05) is 23.1 Å². The van der Waals surface area contributed by atoms with Crippen molar-refractivity contribution in [3.8, 4) is 12.1 Å². The maximum atomic E-state index is 13.6. The molecule has 0 aromatic heterocycles. The quantitative estimate of drug-likeness (QED) is 0.0959. The molecule has 356 valence electrons. The predicted octanol–water partition coefficient (Wildman–Crippen LogP) is 10.4. The molecule has 0 heterocycles. The summed E-state index contributed by atoms with van der Waals surface area (Å²) in [7, 11) is -3.08. The largest absolute Gasteiger partial charge is 1.00 e. The standard InChI is InChI=1S/C17H18FN.C17H12FN.C15H11FO.C6H12NO3P.CH4.ClH.Na.H/c2*18-14-8-7-13-6-5-12-3-1-2-4-15(12)16(9-10-19)17(13)11-14;16-12-8-7-11-6-5-10-3-1-2-4-13(10)15(17)14(11)9-12;1-3-9-11(8,6-5-7)10-4-2;;;;/h1-4,7-8,11,16H,5-6,9-10,19H2;1-4,7-9,11H,5-6H2;1-4,7-9H,5-6H2;3-4,6H2,1-2H3;1H4;1H;;/q;;;;;;+1;-1/b;16-9+;;;;;;. The molecule has 0 spiro atoms. The Hall–Kier alpha value is -5.10. The number of hydrogen-bond acceptors (Lipinski definition) is 7. The number of nitrogens with two attached hydrogens (primary N) is 1. The van der Waals surface area contributed by atoms with Gasteiger partial charge in [-0.3, -0.25) is 9.36 Å². The third kappa shape index (κ3) is 15.2. The monoisotopic (exact) mass is 983 g/mol. The normalized spacial score (nSPS) is 14.2. The van der Waals surface area contributed by atoms with Gasteiger partial charge in [0.05, 0.1) is 25.4 Å². The number of ketones is 1. The second-order valence-electron chi connectivity index (χ2n) is 15.9. The minimum atomic E-state index is -3.08. The van der Waals surface area contributed by atoms with Gasteiger partial charge in [-0.25, -0.2) is 13.2 Å². The van der Waals surface area contributed by atoms with Crippen molar-refractivity contribution in [1.29, 1.82) is 10.5 Å². The number of carbonyl (C=O) groups excluding carboxylic acids is 1. The Balaban J connectivity index is 0.000000320. The number of nitrogens with zero attached hydrogens (tertiary/aromatic N) is 2. The zero-order valence-corrected chi connectivity index (χ0v) is 42.4. The summed E-state index contributed by atoms with van der Waals surface area (Å²) >= 11 is 0. The summed E-state index contributed by atoms with van der Waals surface area (Å²) in [6, 6.07) is 42.4. The smallest absolute Gasteiger partial charge is 1.00 e. The van der Waals surface area contributed by atoms with Gasteiger partial charge in [-0.05, 0) is 163 Å². The number of benzene rings is 6. The number of rotatable bonds is 7. The van der Waals surface area contributed by atoms with Crippen LogP contribution in [0.15, 0.2) is 133 Å². The Morgan fingerprint density at radius 1 is 0.638 bits per heavy atom. The van der Waals surface area contributed by atoms with E-state index in [1.54, 1.807) is 38.1 Å². The van der Waals surface area contributed by atoms with Crippen molar-refractivity contribution < 1.29 is 62.6 Å². The molecule has 6 aromatic carbocycles. The van der Waals surface area contributed by atoms with E-state index in [4.69, 9.17) is 25.3 Å². The number of carbonyl (C=O) groups is 1. The summed E-state index contributed by atoms with van der Waals surface area (Å²) < 4.78 is 61.3. The van der Waals surface area contributed by atoms with E-state index in [0.29, 0.717) is 30.9 Å². The maximum absolute atomic E-state index is 13.6. The molecule has 0 saturated carbocycles. The van der Waals surface area contributed by atoms with Crippen LogP contribution >= 0.6 is 20.0 Å². The predicted molar refractivity (Wildman–Crippen MR) is 269 cm³/mol. The van der Waals surface area contributed by atoms with Crippen molar-refractivity contribution in [1.82, 2.24) is 0 Å². The van der Waals surface area contributed by atoms with Gasteiger partial charge in [-0.1, -0.05) is 98.4 Å². The minimum Gasteiger partial charge on any atom is -1.00 e. The number of fused-ring (bicyclic) bond motifs is 6. The second kappa shape index (κ2) is 28.5. The van der Waals surface area contributed by atoms with Crippen LogP contribution in [0.25, 0.3) is 5.57 Å². The van der Waals surface area contributed by atoms with Crippen molar-refractivity contribution in [2.75, 3.05) is 25.9 Å². The molecule has 0 amide bonds. The first kappa shape index (κ1) is 58.2. The first-order valence-electron chi connectivity index (χ1n) is 22.2. The van der Waals surface area contributed by atoms with E-state index in [1.807, 2.05) is 54.6 Å². The topological polar surface area (TPSA) is 126 Å². The molecular weight excluding hydrogens is 925 g/mol. The summed E-state index contributed by atoms with van der Waals surface area (Å²) in [5.74, 6) is -0.597. The zero-order chi connectivity index (χ0) is 47.1. The molecule has 13 heteroatoms. The summed E-state index contributed by atoms with van der Waals surface area (Å²) in [4.78, 5) is 12.3. The molecule has 2 N–H and O–H groups in total. The fourth-order valence-corrected chi connectivity index (χ4v) is 9.97. The van der Waals surface area contributed by atoms with Gasteiger partial charge in [0.1, 0.15) is 23.6 Å². The van der Waals surface area contributed by atoms with Gasteiger partial charge in [-0.15, -0.1) is 12.4 Å². The molecule has 0 saturated heterocycles. The third-order valence-corrected chi connectivity index (χ3v) is 13.6. The molecule has 1 atom stereocenters. The van der Waals surface area contributed by atoms with E-state index in [-0.39, 0.29) is 86.1 Å². The molecule has 0 bridgehead atoms. The van der Waals surface area contributed by atoms with Crippen LogP contribution in [0.4, 0.5) is 13.2 Å². The Bertz CT molecular complexity index is 2840. The average Bonchev–Trinajstić information content (AvgIpc) is 3.64. The molecule has 3 aliphatic carbocycles. The molecule has 3 aliphatic rings. The van der Waals surface area contributed by atoms with Gasteiger partial charge in [-0.2, -0.15) is 10.5 Å². The van der Waals surface area contributed by atoms with E-state index in [9.17, 15) is 22.5 Å². The Morgan fingerprint density at radius 3 is 1.62 bits per heavy atom. The number of allylic oxidation sites excluding steroid dienone is 1. The molecule has 9 rings (SSSR count). The van der Waals surface area contributed by atoms with Crippen LogP contribution in [0.3, 0.4) is 0 Å². The molecule has 0 aliphatic heterocycles. The molecule has 6 aromatic rings. The molecule has 0 radical (unpaired) electrons. The molecule has 69 heavy (non-hydrogen) atoms. The van der Waals surface area contributed by atoms with Crippen LogP contribution in [-0.2, 0) is 52.1 Å². The van der Waals surface area contributed by atoms with Crippen molar-refractivity contribution in [2.24, 2.45) is 5.73 Å². The number of nitriles is 2. The van der Waals surface area contributed by atoms with E-state index in [2.05, 4.69) is 36.4 Å². The van der Waals surface area contributed by atoms with Crippen molar-refractivity contribution in [3.05, 3.63) is 218 Å². The van der Waals surface area contributed by atoms with Crippen molar-refractivity contribution >= 4 is 31.4 Å². The van der Waals surface area contributed by atoms with Crippen LogP contribution in [0.5, 0.6) is 0 Å². The summed E-state index contributed by atoms with van der Waals surface area (Å²) in [6.45, 7) is 4.65. The fourth-order valence-electron chi connectivity index (χ4n) is 8.75. The summed E-state index contributed by atoms with van der Waals surface area (Å²) in [5.41, 5.74) is 19.0. The summed E-state index contributed by atoms with van der Waals surface area (Å²) in [5, 5.41) is 17.3. The molecular formula is C56H59ClF3N3NaO4P. The Morgan fingerprint density at radius 2 is 1.07 bits per heavy atom. The van der Waals surface area contributed by atoms with Crippen molar-refractivity contribution in [2.45, 2.75) is 72.1 Å². The Kier molecular flexibility index (Phi) is 24.1. The maximum Gasteiger partial charge on any atom is 1.00 e. The second-order valence-corrected chi connectivity index (χ2v) is 17.9. The number of hydrogen-bond donors (Lipinski definition) is 1. The van der Waals surface area contributed by atoms with E-state index in [1.165, 1.54) is 52.6 Å². The average molecular weight is 985 g/mol. The number of halogens is 4. The van der Waals surface area contributed by atoms with Gasteiger partial charge < -0.3 is 16.2 Å². The van der Waals surface area contributed by atoms with E-state index >= 15 is 0 Å². The third-order valence-electron chi connectivity index (χ3n) is 11.7. The van der Waals surface area contributed by atoms with Crippen molar-refractivity contribution in [3.63, 3.8) is 0 Å². The van der Waals surface area contributed by atoms with Crippen LogP contribution in [-0.4, -0.2) is 31.7 Å². The number of aryl methyl sites for hydroxylation is 6. The first-order chi connectivity index (χ1) is 32.0. The van der Waals surface area contributed by atoms with Gasteiger partial charge in [0.15, 0.2) is 5.78 Å². The Labute approximate surface area is 435 Å². The molecule has 7 nitrogen and oxygen atoms in total. The van der Waals surface area contributed by atoms with Crippen LogP contribution in [0, 0.1) is 40.1 Å². The van der Waals surface area contributed by atoms with E-state index < -0.39 is 7.60 Å².